The molecule has 4 rings (SSSR count). The van der Waals surface area contributed by atoms with Crippen LogP contribution in [0.4, 0.5) is 0 Å². The summed E-state index contributed by atoms with van der Waals surface area (Å²) >= 11 is 0. The zero-order valence-electron chi connectivity index (χ0n) is 16.0. The molecule has 2 aromatic carbocycles. The highest BCUT2D eigenvalue weighted by molar-refractivity contribution is 6.28. The molecule has 0 fully saturated rings. The van der Waals surface area contributed by atoms with Gasteiger partial charge in [0.2, 0.25) is 18.4 Å². The summed E-state index contributed by atoms with van der Waals surface area (Å²) in [6, 6.07) is 15.5. The van der Waals surface area contributed by atoms with Crippen LogP contribution in [0.3, 0.4) is 0 Å². The van der Waals surface area contributed by atoms with Crippen LogP contribution >= 0.6 is 0 Å². The fraction of sp³-hybridized carbons (Fsp3) is 0.0870. The van der Waals surface area contributed by atoms with Crippen molar-refractivity contribution in [2.45, 2.75) is 6.42 Å². The first kappa shape index (κ1) is 20.0. The zero-order chi connectivity index (χ0) is 22.0. The summed E-state index contributed by atoms with van der Waals surface area (Å²) in [5.74, 6) is -3.92. The van der Waals surface area contributed by atoms with Gasteiger partial charge in [-0.25, -0.2) is 4.79 Å². The molecule has 0 bridgehead atoms. The minimum Gasteiger partial charge on any atom is -0.449 e. The fourth-order valence-electron chi connectivity index (χ4n) is 3.09. The zero-order valence-corrected chi connectivity index (χ0v) is 16.0. The number of Topliss-reactive ketones (excluding diaryl/α,β-unsaturated/α-hetero) is 1. The fourth-order valence-corrected chi connectivity index (χ4v) is 3.09. The highest BCUT2D eigenvalue weighted by Crippen LogP contribution is 2.30. The molecule has 31 heavy (non-hydrogen) atoms. The van der Waals surface area contributed by atoms with Crippen LogP contribution in [0.2, 0.25) is 0 Å². The van der Waals surface area contributed by atoms with Crippen molar-refractivity contribution in [3.8, 4) is 0 Å². The monoisotopic (exact) mass is 418 g/mol. The van der Waals surface area contributed by atoms with Crippen molar-refractivity contribution in [1.82, 2.24) is 0 Å². The Morgan fingerprint density at radius 1 is 0.774 bits per heavy atom. The Morgan fingerprint density at radius 3 is 2.13 bits per heavy atom. The van der Waals surface area contributed by atoms with E-state index in [0.29, 0.717) is 0 Å². The maximum atomic E-state index is 12.6. The standard InChI is InChI=1S/C23H14O8/c24-17(11-19(25)29-12-30-23(28)13-6-2-1-3-7-13)18-10-16-20(26)14-8-4-5-9-15(14)21(27)22(16)31-18/h1-10H,11-12H2. The molecule has 0 saturated carbocycles. The predicted molar refractivity (Wildman–Crippen MR) is 104 cm³/mol. The third-order valence-electron chi connectivity index (χ3n) is 4.60. The van der Waals surface area contributed by atoms with E-state index >= 15 is 0 Å². The number of rotatable bonds is 6. The van der Waals surface area contributed by atoms with E-state index in [9.17, 15) is 24.0 Å². The lowest BCUT2D eigenvalue weighted by atomic mass is 9.88. The second kappa shape index (κ2) is 8.19. The van der Waals surface area contributed by atoms with Gasteiger partial charge in [-0.1, -0.05) is 42.5 Å². The van der Waals surface area contributed by atoms with Crippen molar-refractivity contribution < 1.29 is 37.9 Å². The maximum absolute atomic E-state index is 12.6. The molecule has 8 heteroatoms. The van der Waals surface area contributed by atoms with E-state index in [1.807, 2.05) is 0 Å². The average Bonchev–Trinajstić information content (AvgIpc) is 3.24. The Labute approximate surface area is 175 Å². The van der Waals surface area contributed by atoms with E-state index in [1.165, 1.54) is 24.3 Å². The lowest BCUT2D eigenvalue weighted by Crippen LogP contribution is -2.18. The Kier molecular flexibility index (Phi) is 5.28. The van der Waals surface area contributed by atoms with Gasteiger partial charge in [-0.05, 0) is 18.2 Å². The van der Waals surface area contributed by atoms with Gasteiger partial charge >= 0.3 is 11.9 Å². The number of hydrogen-bond donors (Lipinski definition) is 0. The molecule has 0 N–H and O–H groups in total. The number of carbonyl (C=O) groups excluding carboxylic acids is 5. The van der Waals surface area contributed by atoms with Crippen molar-refractivity contribution >= 4 is 29.3 Å². The molecule has 1 heterocycles. The van der Waals surface area contributed by atoms with Crippen LogP contribution in [0.5, 0.6) is 0 Å². The summed E-state index contributed by atoms with van der Waals surface area (Å²) in [6.45, 7) is -0.666. The highest BCUT2D eigenvalue weighted by Gasteiger charge is 2.34. The van der Waals surface area contributed by atoms with Crippen LogP contribution in [-0.2, 0) is 14.3 Å². The minimum absolute atomic E-state index is 0.0304. The molecule has 1 aliphatic carbocycles. The molecule has 0 aliphatic heterocycles. The molecule has 1 aromatic heterocycles. The number of ether oxygens (including phenoxy) is 2. The summed E-state index contributed by atoms with van der Waals surface area (Å²) in [4.78, 5) is 61.1. The van der Waals surface area contributed by atoms with Gasteiger partial charge in [-0.3, -0.25) is 19.2 Å². The Bertz CT molecular complexity index is 1170. The van der Waals surface area contributed by atoms with E-state index in [4.69, 9.17) is 13.9 Å². The van der Waals surface area contributed by atoms with Crippen LogP contribution in [0.25, 0.3) is 0 Å². The second-order valence-corrected chi connectivity index (χ2v) is 6.59. The van der Waals surface area contributed by atoms with Crippen LogP contribution < -0.4 is 0 Å². The van der Waals surface area contributed by atoms with Crippen LogP contribution in [0.1, 0.15) is 59.4 Å². The van der Waals surface area contributed by atoms with Crippen molar-refractivity contribution in [3.63, 3.8) is 0 Å². The Hall–Kier alpha value is -4.33. The number of furan rings is 1. The van der Waals surface area contributed by atoms with E-state index in [-0.39, 0.29) is 33.8 Å². The van der Waals surface area contributed by atoms with Gasteiger partial charge in [0.25, 0.3) is 0 Å². The van der Waals surface area contributed by atoms with E-state index in [2.05, 4.69) is 0 Å². The highest BCUT2D eigenvalue weighted by atomic mass is 16.7. The molecule has 8 nitrogen and oxygen atoms in total. The third-order valence-corrected chi connectivity index (χ3v) is 4.60. The van der Waals surface area contributed by atoms with Gasteiger partial charge < -0.3 is 13.9 Å². The molecule has 154 valence electrons. The van der Waals surface area contributed by atoms with Crippen molar-refractivity contribution in [3.05, 3.63) is 94.4 Å². The van der Waals surface area contributed by atoms with Crippen molar-refractivity contribution in [1.29, 1.82) is 0 Å². The molecular formula is C23H14O8. The molecule has 0 spiro atoms. The molecule has 0 saturated heterocycles. The van der Waals surface area contributed by atoms with Crippen LogP contribution in [0, 0.1) is 0 Å². The quantitative estimate of drug-likeness (QED) is 0.203. The van der Waals surface area contributed by atoms with E-state index in [1.54, 1.807) is 30.3 Å². The largest absolute Gasteiger partial charge is 0.449 e. The SMILES string of the molecule is O=C(CC(=O)c1cc2c(o1)C(=O)c1ccccc1C2=O)OCOC(=O)c1ccccc1. The molecule has 0 amide bonds. The van der Waals surface area contributed by atoms with Crippen LogP contribution in [-0.4, -0.2) is 36.1 Å². The smallest absolute Gasteiger partial charge is 0.340 e. The number of esters is 2. The Morgan fingerprint density at radius 2 is 1.42 bits per heavy atom. The van der Waals surface area contributed by atoms with Crippen LogP contribution in [0.15, 0.2) is 65.1 Å². The number of fused-ring (bicyclic) bond motifs is 2. The summed E-state index contributed by atoms with van der Waals surface area (Å²) < 4.78 is 14.8. The lowest BCUT2D eigenvalue weighted by molar-refractivity contribution is -0.151. The van der Waals surface area contributed by atoms with Crippen molar-refractivity contribution in [2.75, 3.05) is 6.79 Å². The molecule has 0 atom stereocenters. The minimum atomic E-state index is -0.957. The number of benzene rings is 2. The molecule has 3 aromatic rings. The maximum Gasteiger partial charge on any atom is 0.340 e. The van der Waals surface area contributed by atoms with E-state index < -0.39 is 42.5 Å². The van der Waals surface area contributed by atoms with E-state index in [0.717, 1.165) is 6.07 Å². The van der Waals surface area contributed by atoms with Gasteiger partial charge in [0.15, 0.2) is 17.3 Å². The van der Waals surface area contributed by atoms with Gasteiger partial charge in [0, 0.05) is 11.1 Å². The first-order valence-electron chi connectivity index (χ1n) is 9.19. The normalized spacial score (nSPS) is 12.0. The lowest BCUT2D eigenvalue weighted by Gasteiger charge is -2.11. The summed E-state index contributed by atoms with van der Waals surface area (Å²) in [5.41, 5.74) is 0.663. The predicted octanol–water partition coefficient (Wildman–Crippen LogP) is 2.99. The van der Waals surface area contributed by atoms with Crippen molar-refractivity contribution in [2.24, 2.45) is 0 Å². The third kappa shape index (κ3) is 3.91. The summed E-state index contributed by atoms with van der Waals surface area (Å²) in [6.07, 6.45) is -0.718. The number of ketones is 3. The number of carbonyl (C=O) groups is 5. The molecular weight excluding hydrogens is 404 g/mol. The summed E-state index contributed by atoms with van der Waals surface area (Å²) in [7, 11) is 0. The first-order valence-corrected chi connectivity index (χ1v) is 9.19. The van der Waals surface area contributed by atoms with Gasteiger partial charge in [-0.2, -0.15) is 0 Å². The molecule has 0 unspecified atom stereocenters. The molecule has 0 radical (unpaired) electrons. The molecule has 1 aliphatic rings. The average molecular weight is 418 g/mol. The van der Waals surface area contributed by atoms with Gasteiger partial charge in [-0.15, -0.1) is 0 Å². The first-order chi connectivity index (χ1) is 15.0. The Balaban J connectivity index is 1.37. The number of hydrogen-bond acceptors (Lipinski definition) is 8. The van der Waals surface area contributed by atoms with Gasteiger partial charge in [0.05, 0.1) is 11.1 Å². The summed E-state index contributed by atoms with van der Waals surface area (Å²) in [5, 5.41) is 0. The second-order valence-electron chi connectivity index (χ2n) is 6.59. The topological polar surface area (TPSA) is 117 Å². The van der Waals surface area contributed by atoms with Gasteiger partial charge in [0.1, 0.15) is 6.42 Å².